The van der Waals surface area contributed by atoms with Crippen molar-refractivity contribution in [3.05, 3.63) is 84.3 Å². The fraction of sp³-hybridized carbons (Fsp3) is 0.130. The number of benzene rings is 2. The van der Waals surface area contributed by atoms with E-state index in [0.29, 0.717) is 35.2 Å². The highest BCUT2D eigenvalue weighted by Gasteiger charge is 2.30. The van der Waals surface area contributed by atoms with Crippen LogP contribution in [0.5, 0.6) is 11.5 Å². The molecule has 0 saturated heterocycles. The average Bonchev–Trinajstić information content (AvgIpc) is 3.28. The van der Waals surface area contributed by atoms with Crippen LogP contribution in [-0.4, -0.2) is 22.1 Å². The summed E-state index contributed by atoms with van der Waals surface area (Å²) in [4.78, 5) is 11.6. The summed E-state index contributed by atoms with van der Waals surface area (Å²) in [6.07, 6.45) is 0.740. The summed E-state index contributed by atoms with van der Waals surface area (Å²) in [5.41, 5.74) is 2.12. The zero-order valence-electron chi connectivity index (χ0n) is 16.5. The second-order valence-electron chi connectivity index (χ2n) is 6.72. The van der Waals surface area contributed by atoms with Gasteiger partial charge in [-0.3, -0.25) is 4.98 Å². The third-order valence-corrected chi connectivity index (χ3v) is 4.64. The molecule has 158 valence electrons. The van der Waals surface area contributed by atoms with Crippen molar-refractivity contribution >= 4 is 0 Å². The lowest BCUT2D eigenvalue weighted by Crippen LogP contribution is -2.04. The van der Waals surface area contributed by atoms with Gasteiger partial charge in [-0.2, -0.15) is 13.2 Å². The fourth-order valence-electron chi connectivity index (χ4n) is 3.05. The molecule has 2 aromatic heterocycles. The van der Waals surface area contributed by atoms with Crippen LogP contribution in [-0.2, 0) is 12.8 Å². The van der Waals surface area contributed by atoms with Gasteiger partial charge in [-0.15, -0.1) is 0 Å². The van der Waals surface area contributed by atoms with Gasteiger partial charge >= 0.3 is 6.18 Å². The summed E-state index contributed by atoms with van der Waals surface area (Å²) in [5.74, 6) is 1.65. The van der Waals surface area contributed by atoms with Crippen molar-refractivity contribution in [2.24, 2.45) is 0 Å². The van der Waals surface area contributed by atoms with Crippen LogP contribution >= 0.6 is 0 Å². The van der Waals surface area contributed by atoms with E-state index in [1.807, 2.05) is 18.2 Å². The Hall–Kier alpha value is -3.81. The van der Waals surface area contributed by atoms with Crippen molar-refractivity contribution in [1.29, 1.82) is 0 Å². The van der Waals surface area contributed by atoms with Gasteiger partial charge in [0.25, 0.3) is 0 Å². The van der Waals surface area contributed by atoms with Gasteiger partial charge < -0.3 is 14.5 Å². The molecule has 8 heteroatoms. The van der Waals surface area contributed by atoms with Gasteiger partial charge in [-0.1, -0.05) is 18.2 Å². The first kappa shape index (κ1) is 20.5. The normalized spacial score (nSPS) is 11.4. The number of H-pyrrole nitrogens is 1. The predicted molar refractivity (Wildman–Crippen MR) is 110 cm³/mol. The Labute approximate surface area is 176 Å². The Morgan fingerprint density at radius 2 is 1.84 bits per heavy atom. The quantitative estimate of drug-likeness (QED) is 0.428. The van der Waals surface area contributed by atoms with E-state index in [4.69, 9.17) is 9.47 Å². The minimum atomic E-state index is -4.37. The third-order valence-electron chi connectivity index (χ3n) is 4.64. The number of alkyl halides is 3. The van der Waals surface area contributed by atoms with Crippen molar-refractivity contribution < 1.29 is 22.6 Å². The molecular formula is C23H18F3N3O2. The SMILES string of the molecule is COc1cc(OCc2cccnc2)ccc1-c1c[nH]c(-c2ccc(C(F)(F)F)cc2)n1. The Bertz CT molecular complexity index is 1160. The van der Waals surface area contributed by atoms with Gasteiger partial charge in [0.05, 0.1) is 18.4 Å². The van der Waals surface area contributed by atoms with Crippen LogP contribution in [0, 0.1) is 0 Å². The van der Waals surface area contributed by atoms with Crippen molar-refractivity contribution in [1.82, 2.24) is 15.0 Å². The topological polar surface area (TPSA) is 60.0 Å². The zero-order chi connectivity index (χ0) is 21.8. The van der Waals surface area contributed by atoms with E-state index in [9.17, 15) is 13.2 Å². The maximum Gasteiger partial charge on any atom is 0.416 e. The molecule has 4 aromatic rings. The lowest BCUT2D eigenvalue weighted by molar-refractivity contribution is -0.137. The molecular weight excluding hydrogens is 407 g/mol. The molecule has 0 bridgehead atoms. The summed E-state index contributed by atoms with van der Waals surface area (Å²) >= 11 is 0. The summed E-state index contributed by atoms with van der Waals surface area (Å²) in [5, 5.41) is 0. The van der Waals surface area contributed by atoms with E-state index in [0.717, 1.165) is 23.3 Å². The van der Waals surface area contributed by atoms with Crippen molar-refractivity contribution in [3.8, 4) is 34.1 Å². The molecule has 31 heavy (non-hydrogen) atoms. The second-order valence-corrected chi connectivity index (χ2v) is 6.72. The van der Waals surface area contributed by atoms with E-state index in [-0.39, 0.29) is 0 Å². The van der Waals surface area contributed by atoms with Crippen molar-refractivity contribution in [3.63, 3.8) is 0 Å². The summed E-state index contributed by atoms with van der Waals surface area (Å²) in [6.45, 7) is 0.372. The molecule has 2 aromatic carbocycles. The number of hydrogen-bond donors (Lipinski definition) is 1. The third kappa shape index (κ3) is 4.69. The molecule has 0 unspecified atom stereocenters. The molecule has 0 spiro atoms. The predicted octanol–water partition coefficient (Wildman–Crippen LogP) is 5.75. The van der Waals surface area contributed by atoms with Gasteiger partial charge in [-0.25, -0.2) is 4.98 Å². The second kappa shape index (κ2) is 8.51. The number of aromatic nitrogens is 3. The van der Waals surface area contributed by atoms with Gasteiger partial charge in [0.2, 0.25) is 0 Å². The molecule has 1 N–H and O–H groups in total. The summed E-state index contributed by atoms with van der Waals surface area (Å²) in [7, 11) is 1.55. The van der Waals surface area contributed by atoms with E-state index in [2.05, 4.69) is 15.0 Å². The number of imidazole rings is 1. The monoisotopic (exact) mass is 425 g/mol. The average molecular weight is 425 g/mol. The molecule has 0 aliphatic heterocycles. The molecule has 0 atom stereocenters. The number of ether oxygens (including phenoxy) is 2. The van der Waals surface area contributed by atoms with E-state index in [1.54, 1.807) is 37.8 Å². The van der Waals surface area contributed by atoms with Crippen LogP contribution in [0.15, 0.2) is 73.2 Å². The van der Waals surface area contributed by atoms with Crippen LogP contribution in [0.1, 0.15) is 11.1 Å². The van der Waals surface area contributed by atoms with Crippen LogP contribution in [0.2, 0.25) is 0 Å². The van der Waals surface area contributed by atoms with Gasteiger partial charge in [0.1, 0.15) is 23.9 Å². The Balaban J connectivity index is 1.54. The molecule has 0 saturated carbocycles. The Kier molecular flexibility index (Phi) is 5.62. The maximum atomic E-state index is 12.8. The minimum absolute atomic E-state index is 0.372. The van der Waals surface area contributed by atoms with Gasteiger partial charge in [0.15, 0.2) is 0 Å². The number of halogens is 3. The molecule has 4 rings (SSSR count). The first-order valence-corrected chi connectivity index (χ1v) is 9.37. The van der Waals surface area contributed by atoms with Crippen LogP contribution < -0.4 is 9.47 Å². The number of rotatable bonds is 6. The molecule has 0 aliphatic carbocycles. The number of methoxy groups -OCH3 is 1. The number of nitrogens with one attached hydrogen (secondary N) is 1. The van der Waals surface area contributed by atoms with E-state index in [1.165, 1.54) is 12.1 Å². The summed E-state index contributed by atoms with van der Waals surface area (Å²) < 4.78 is 49.6. The van der Waals surface area contributed by atoms with Gasteiger partial charge in [-0.05, 0) is 30.3 Å². The fourth-order valence-corrected chi connectivity index (χ4v) is 3.05. The van der Waals surface area contributed by atoms with Crippen molar-refractivity contribution in [2.75, 3.05) is 7.11 Å². The molecule has 0 radical (unpaired) electrons. The highest BCUT2D eigenvalue weighted by Crippen LogP contribution is 2.34. The molecule has 5 nitrogen and oxygen atoms in total. The molecule has 0 aliphatic rings. The van der Waals surface area contributed by atoms with E-state index < -0.39 is 11.7 Å². The van der Waals surface area contributed by atoms with Crippen LogP contribution in [0.3, 0.4) is 0 Å². The maximum absolute atomic E-state index is 12.8. The summed E-state index contributed by atoms with van der Waals surface area (Å²) in [6, 6.07) is 14.0. The van der Waals surface area contributed by atoms with E-state index >= 15 is 0 Å². The standard InChI is InChI=1S/C23H18F3N3O2/c1-30-21-11-18(31-14-15-3-2-10-27-12-15)8-9-19(21)20-13-28-22(29-20)16-4-6-17(7-5-16)23(24,25)26/h2-13H,14H2,1H3,(H,28,29). The number of pyridine rings is 1. The minimum Gasteiger partial charge on any atom is -0.496 e. The smallest absolute Gasteiger partial charge is 0.416 e. The van der Waals surface area contributed by atoms with Crippen LogP contribution in [0.4, 0.5) is 13.2 Å². The highest BCUT2D eigenvalue weighted by atomic mass is 19.4. The first-order chi connectivity index (χ1) is 14.9. The Morgan fingerprint density at radius 3 is 2.52 bits per heavy atom. The highest BCUT2D eigenvalue weighted by molar-refractivity contribution is 5.70. The molecule has 0 fully saturated rings. The van der Waals surface area contributed by atoms with Gasteiger partial charge in [0, 0.05) is 41.3 Å². The molecule has 0 amide bonds. The molecule has 2 heterocycles. The number of aromatic amines is 1. The zero-order valence-corrected chi connectivity index (χ0v) is 16.5. The Morgan fingerprint density at radius 1 is 1.03 bits per heavy atom. The van der Waals surface area contributed by atoms with Crippen LogP contribution in [0.25, 0.3) is 22.6 Å². The lowest BCUT2D eigenvalue weighted by atomic mass is 10.1. The lowest BCUT2D eigenvalue weighted by Gasteiger charge is -2.11. The van der Waals surface area contributed by atoms with Crippen molar-refractivity contribution in [2.45, 2.75) is 12.8 Å². The number of hydrogen-bond acceptors (Lipinski definition) is 4. The number of nitrogens with zero attached hydrogens (tertiary/aromatic N) is 2. The largest absolute Gasteiger partial charge is 0.496 e. The first-order valence-electron chi connectivity index (χ1n) is 9.37.